The van der Waals surface area contributed by atoms with E-state index < -0.39 is 4.92 Å². The maximum Gasteiger partial charge on any atom is 0.323 e. The van der Waals surface area contributed by atoms with Gasteiger partial charge in [-0.3, -0.25) is 4.79 Å². The van der Waals surface area contributed by atoms with E-state index in [9.17, 15) is 14.9 Å². The van der Waals surface area contributed by atoms with Gasteiger partial charge in [-0.2, -0.15) is 0 Å². The molecule has 0 spiro atoms. The highest BCUT2D eigenvalue weighted by atomic mass is 16.6. The number of rotatable bonds is 7. The van der Waals surface area contributed by atoms with Gasteiger partial charge in [0.25, 0.3) is 5.91 Å². The highest BCUT2D eigenvalue weighted by Crippen LogP contribution is 2.14. The van der Waals surface area contributed by atoms with Crippen molar-refractivity contribution < 1.29 is 9.72 Å². The molecule has 18 heavy (non-hydrogen) atoms. The van der Waals surface area contributed by atoms with Gasteiger partial charge in [0, 0.05) is 19.2 Å². The summed E-state index contributed by atoms with van der Waals surface area (Å²) in [5.74, 6) is -0.395. The first-order chi connectivity index (χ1) is 8.57. The van der Waals surface area contributed by atoms with Gasteiger partial charge in [-0.15, -0.1) is 0 Å². The molecule has 100 valence electrons. The summed E-state index contributed by atoms with van der Waals surface area (Å²) in [4.78, 5) is 21.9. The molecule has 0 aliphatic heterocycles. The third-order valence-electron chi connectivity index (χ3n) is 2.53. The van der Waals surface area contributed by atoms with E-state index in [0.29, 0.717) is 13.1 Å². The minimum atomic E-state index is -0.514. The number of carbonyl (C=O) groups excluding carboxylic acids is 1. The summed E-state index contributed by atoms with van der Waals surface area (Å²) in [6, 6.07) is 2.77. The number of aromatic nitrogens is 1. The standard InChI is InChI=1S/C11H18N4O3/c1-3-6-12-7-8-13-11(16)9-4-5-10(14(9)2)15(17)18/h4-5,12H,3,6-8H2,1-2H3,(H,13,16). The van der Waals surface area contributed by atoms with Gasteiger partial charge in [-0.05, 0) is 24.0 Å². The minimum Gasteiger partial charge on any atom is -0.358 e. The molecular weight excluding hydrogens is 236 g/mol. The lowest BCUT2D eigenvalue weighted by Gasteiger charge is -2.05. The Bertz CT molecular complexity index is 428. The van der Waals surface area contributed by atoms with E-state index in [-0.39, 0.29) is 17.4 Å². The van der Waals surface area contributed by atoms with Crippen LogP contribution in [0.3, 0.4) is 0 Å². The lowest BCUT2D eigenvalue weighted by molar-refractivity contribution is -0.391. The molecule has 7 nitrogen and oxygen atoms in total. The Labute approximate surface area is 105 Å². The summed E-state index contributed by atoms with van der Waals surface area (Å²) in [5.41, 5.74) is 0.289. The van der Waals surface area contributed by atoms with E-state index in [1.165, 1.54) is 23.7 Å². The zero-order valence-corrected chi connectivity index (χ0v) is 10.6. The minimum absolute atomic E-state index is 0.0933. The molecular formula is C11H18N4O3. The molecule has 0 aromatic carbocycles. The fourth-order valence-corrected chi connectivity index (χ4v) is 1.57. The van der Waals surface area contributed by atoms with Crippen molar-refractivity contribution in [1.29, 1.82) is 0 Å². The summed E-state index contributed by atoms with van der Waals surface area (Å²) in [6.07, 6.45) is 1.04. The number of nitro groups is 1. The van der Waals surface area contributed by atoms with Gasteiger partial charge in [0.05, 0.1) is 7.05 Å². The van der Waals surface area contributed by atoms with Crippen LogP contribution >= 0.6 is 0 Å². The monoisotopic (exact) mass is 254 g/mol. The molecule has 0 bridgehead atoms. The fraction of sp³-hybridized carbons (Fsp3) is 0.545. The first kappa shape index (κ1) is 14.2. The largest absolute Gasteiger partial charge is 0.358 e. The SMILES string of the molecule is CCCNCCNC(=O)c1ccc([N+](=O)[O-])n1C. The molecule has 1 amide bonds. The molecule has 0 radical (unpaired) electrons. The van der Waals surface area contributed by atoms with Gasteiger partial charge in [-0.1, -0.05) is 6.92 Å². The fourth-order valence-electron chi connectivity index (χ4n) is 1.57. The Hall–Kier alpha value is -1.89. The van der Waals surface area contributed by atoms with Crippen molar-refractivity contribution in [2.24, 2.45) is 7.05 Å². The van der Waals surface area contributed by atoms with Gasteiger partial charge >= 0.3 is 5.82 Å². The second kappa shape index (κ2) is 6.75. The van der Waals surface area contributed by atoms with Gasteiger partial charge in [-0.25, -0.2) is 4.57 Å². The number of carbonyl (C=O) groups is 1. The second-order valence-corrected chi connectivity index (χ2v) is 3.90. The highest BCUT2D eigenvalue weighted by molar-refractivity contribution is 5.93. The van der Waals surface area contributed by atoms with Crippen LogP contribution in [-0.2, 0) is 7.05 Å². The Morgan fingerprint density at radius 2 is 2.11 bits per heavy atom. The van der Waals surface area contributed by atoms with Crippen molar-refractivity contribution in [3.63, 3.8) is 0 Å². The van der Waals surface area contributed by atoms with Crippen LogP contribution in [0.15, 0.2) is 12.1 Å². The molecule has 0 atom stereocenters. The predicted molar refractivity (Wildman–Crippen MR) is 67.6 cm³/mol. The molecule has 1 aromatic heterocycles. The smallest absolute Gasteiger partial charge is 0.323 e. The lowest BCUT2D eigenvalue weighted by Crippen LogP contribution is -2.33. The maximum atomic E-state index is 11.8. The highest BCUT2D eigenvalue weighted by Gasteiger charge is 2.19. The Kier molecular flexibility index (Phi) is 5.31. The normalized spacial score (nSPS) is 10.3. The summed E-state index contributed by atoms with van der Waals surface area (Å²) in [7, 11) is 1.50. The molecule has 2 N–H and O–H groups in total. The van der Waals surface area contributed by atoms with Crippen LogP contribution in [0.4, 0.5) is 5.82 Å². The second-order valence-electron chi connectivity index (χ2n) is 3.90. The average Bonchev–Trinajstić information content (AvgIpc) is 2.70. The molecule has 0 aliphatic carbocycles. The zero-order chi connectivity index (χ0) is 13.5. The summed E-state index contributed by atoms with van der Waals surface area (Å²) in [6.45, 7) is 4.16. The van der Waals surface area contributed by atoms with Crippen LogP contribution in [0, 0.1) is 10.1 Å². The van der Waals surface area contributed by atoms with Gasteiger partial charge in [0.2, 0.25) is 0 Å². The van der Waals surface area contributed by atoms with Crippen LogP contribution in [0.1, 0.15) is 23.8 Å². The molecule has 1 aromatic rings. The summed E-state index contributed by atoms with van der Waals surface area (Å²) in [5, 5.41) is 16.5. The predicted octanol–water partition coefficient (Wildman–Crippen LogP) is 0.663. The molecule has 0 saturated carbocycles. The number of amides is 1. The molecule has 0 fully saturated rings. The molecule has 0 aliphatic rings. The van der Waals surface area contributed by atoms with Crippen molar-refractivity contribution in [2.75, 3.05) is 19.6 Å². The average molecular weight is 254 g/mol. The van der Waals surface area contributed by atoms with Crippen LogP contribution in [0.25, 0.3) is 0 Å². The van der Waals surface area contributed by atoms with E-state index in [1.54, 1.807) is 0 Å². The summed E-state index contributed by atoms with van der Waals surface area (Å²) >= 11 is 0. The first-order valence-corrected chi connectivity index (χ1v) is 5.87. The Balaban J connectivity index is 2.49. The number of nitrogens with zero attached hydrogens (tertiary/aromatic N) is 2. The topological polar surface area (TPSA) is 89.2 Å². The van der Waals surface area contributed by atoms with Gasteiger partial charge in [0.1, 0.15) is 0 Å². The van der Waals surface area contributed by atoms with E-state index in [2.05, 4.69) is 17.6 Å². The van der Waals surface area contributed by atoms with E-state index >= 15 is 0 Å². The van der Waals surface area contributed by atoms with Crippen molar-refractivity contribution in [3.05, 3.63) is 27.9 Å². The van der Waals surface area contributed by atoms with Gasteiger partial charge in [0.15, 0.2) is 5.69 Å². The van der Waals surface area contributed by atoms with E-state index in [0.717, 1.165) is 13.0 Å². The van der Waals surface area contributed by atoms with Crippen molar-refractivity contribution >= 4 is 11.7 Å². The third-order valence-corrected chi connectivity index (χ3v) is 2.53. The third kappa shape index (κ3) is 3.56. The molecule has 1 heterocycles. The van der Waals surface area contributed by atoms with Crippen LogP contribution in [0.5, 0.6) is 0 Å². The molecule has 0 saturated heterocycles. The quantitative estimate of drug-likeness (QED) is 0.425. The van der Waals surface area contributed by atoms with Crippen LogP contribution in [-0.4, -0.2) is 35.0 Å². The number of hydrogen-bond acceptors (Lipinski definition) is 4. The lowest BCUT2D eigenvalue weighted by atomic mass is 10.4. The van der Waals surface area contributed by atoms with Crippen molar-refractivity contribution in [2.45, 2.75) is 13.3 Å². The van der Waals surface area contributed by atoms with Crippen molar-refractivity contribution in [1.82, 2.24) is 15.2 Å². The molecule has 7 heteroatoms. The number of hydrogen-bond donors (Lipinski definition) is 2. The Morgan fingerprint density at radius 3 is 2.67 bits per heavy atom. The molecule has 0 unspecified atom stereocenters. The van der Waals surface area contributed by atoms with E-state index in [1.807, 2.05) is 0 Å². The maximum absolute atomic E-state index is 11.8. The first-order valence-electron chi connectivity index (χ1n) is 5.87. The Morgan fingerprint density at radius 1 is 1.39 bits per heavy atom. The zero-order valence-electron chi connectivity index (χ0n) is 10.6. The van der Waals surface area contributed by atoms with E-state index in [4.69, 9.17) is 0 Å². The van der Waals surface area contributed by atoms with Crippen LogP contribution < -0.4 is 10.6 Å². The number of nitrogens with one attached hydrogen (secondary N) is 2. The van der Waals surface area contributed by atoms with Crippen molar-refractivity contribution in [3.8, 4) is 0 Å². The van der Waals surface area contributed by atoms with Gasteiger partial charge < -0.3 is 20.7 Å². The summed E-state index contributed by atoms with van der Waals surface area (Å²) < 4.78 is 1.27. The van der Waals surface area contributed by atoms with Crippen LogP contribution in [0.2, 0.25) is 0 Å². The molecule has 1 rings (SSSR count).